The molecule has 33 heavy (non-hydrogen) atoms. The van der Waals surface area contributed by atoms with E-state index in [2.05, 4.69) is 41.8 Å². The standard InChI is InChI=1S/C21H26F3N7O2/c1-28-6-8-29(9-7-28)18-14-19(26-15-25-18)30-10-12-31(13-11-30)20(32)27-16-2-4-17(5-3-16)33-21(22,23)24/h2-5,14-15H,6-13H2,1H3,(H,27,32). The predicted molar refractivity (Wildman–Crippen MR) is 118 cm³/mol. The van der Waals surface area contributed by atoms with E-state index in [1.54, 1.807) is 11.2 Å². The fourth-order valence-electron chi connectivity index (χ4n) is 3.80. The normalized spacial score (nSPS) is 17.8. The zero-order valence-corrected chi connectivity index (χ0v) is 18.3. The quantitative estimate of drug-likeness (QED) is 0.744. The van der Waals surface area contributed by atoms with Crippen LogP contribution in [-0.2, 0) is 0 Å². The van der Waals surface area contributed by atoms with Crippen LogP contribution < -0.4 is 19.9 Å². The van der Waals surface area contributed by atoms with Gasteiger partial charge in [0.2, 0.25) is 0 Å². The second kappa shape index (κ2) is 9.69. The van der Waals surface area contributed by atoms with Crippen molar-refractivity contribution in [2.45, 2.75) is 6.36 Å². The van der Waals surface area contributed by atoms with Gasteiger partial charge in [0, 0.05) is 64.1 Å². The number of aromatic nitrogens is 2. The number of piperazine rings is 2. The monoisotopic (exact) mass is 465 g/mol. The first-order valence-electron chi connectivity index (χ1n) is 10.7. The van der Waals surface area contributed by atoms with Crippen molar-refractivity contribution in [3.8, 4) is 5.75 Å². The number of nitrogens with zero attached hydrogens (tertiary/aromatic N) is 6. The van der Waals surface area contributed by atoms with Crippen LogP contribution in [0.4, 0.5) is 35.3 Å². The van der Waals surface area contributed by atoms with E-state index < -0.39 is 6.36 Å². The third-order valence-corrected chi connectivity index (χ3v) is 5.70. The van der Waals surface area contributed by atoms with E-state index in [4.69, 9.17) is 0 Å². The Morgan fingerprint density at radius 1 is 0.909 bits per heavy atom. The lowest BCUT2D eigenvalue weighted by molar-refractivity contribution is -0.274. The van der Waals surface area contributed by atoms with E-state index in [-0.39, 0.29) is 11.8 Å². The van der Waals surface area contributed by atoms with Crippen molar-refractivity contribution in [1.82, 2.24) is 19.8 Å². The summed E-state index contributed by atoms with van der Waals surface area (Å²) < 4.78 is 40.6. The number of ether oxygens (including phenoxy) is 1. The van der Waals surface area contributed by atoms with Gasteiger partial charge in [-0.25, -0.2) is 14.8 Å². The zero-order valence-electron chi connectivity index (χ0n) is 18.3. The highest BCUT2D eigenvalue weighted by atomic mass is 19.4. The van der Waals surface area contributed by atoms with E-state index in [9.17, 15) is 18.0 Å². The number of nitrogens with one attached hydrogen (secondary N) is 1. The summed E-state index contributed by atoms with van der Waals surface area (Å²) in [5.74, 6) is 1.40. The molecular weight excluding hydrogens is 439 g/mol. The average molecular weight is 465 g/mol. The first-order chi connectivity index (χ1) is 15.8. The topological polar surface area (TPSA) is 77.1 Å². The van der Waals surface area contributed by atoms with Crippen molar-refractivity contribution in [3.05, 3.63) is 36.7 Å². The highest BCUT2D eigenvalue weighted by Crippen LogP contribution is 2.24. The molecule has 2 saturated heterocycles. The molecule has 178 valence electrons. The lowest BCUT2D eigenvalue weighted by Crippen LogP contribution is -2.50. The number of likely N-dealkylation sites (N-methyl/N-ethyl adjacent to an activating group) is 1. The summed E-state index contributed by atoms with van der Waals surface area (Å²) in [6, 6.07) is 6.75. The van der Waals surface area contributed by atoms with Crippen LogP contribution in [-0.4, -0.2) is 91.6 Å². The van der Waals surface area contributed by atoms with Gasteiger partial charge in [-0.1, -0.05) is 0 Å². The number of alkyl halides is 3. The molecule has 9 nitrogen and oxygen atoms in total. The van der Waals surface area contributed by atoms with Crippen molar-refractivity contribution in [2.24, 2.45) is 0 Å². The van der Waals surface area contributed by atoms with E-state index in [1.165, 1.54) is 12.1 Å². The lowest BCUT2D eigenvalue weighted by atomic mass is 10.3. The molecule has 1 N–H and O–H groups in total. The summed E-state index contributed by atoms with van der Waals surface area (Å²) in [6.45, 7) is 6.05. The van der Waals surface area contributed by atoms with E-state index in [1.807, 2.05) is 6.07 Å². The molecule has 1 aromatic heterocycles. The van der Waals surface area contributed by atoms with Crippen LogP contribution in [0.25, 0.3) is 0 Å². The number of hydrogen-bond donors (Lipinski definition) is 1. The number of rotatable bonds is 4. The number of urea groups is 1. The van der Waals surface area contributed by atoms with Gasteiger partial charge in [0.25, 0.3) is 0 Å². The number of benzene rings is 1. The van der Waals surface area contributed by atoms with Gasteiger partial charge in [0.1, 0.15) is 23.7 Å². The highest BCUT2D eigenvalue weighted by molar-refractivity contribution is 5.89. The van der Waals surface area contributed by atoms with Crippen LogP contribution in [0.2, 0.25) is 0 Å². The summed E-state index contributed by atoms with van der Waals surface area (Å²) in [7, 11) is 2.11. The molecule has 2 fully saturated rings. The Morgan fingerprint density at radius 2 is 1.45 bits per heavy atom. The second-order valence-electron chi connectivity index (χ2n) is 8.00. The highest BCUT2D eigenvalue weighted by Gasteiger charge is 2.31. The maximum atomic E-state index is 12.6. The Balaban J connectivity index is 1.29. The summed E-state index contributed by atoms with van der Waals surface area (Å²) in [6.07, 6.45) is -3.17. The van der Waals surface area contributed by atoms with Gasteiger partial charge in [-0.05, 0) is 31.3 Å². The fraction of sp³-hybridized carbons (Fsp3) is 0.476. The smallest absolute Gasteiger partial charge is 0.406 e. The minimum Gasteiger partial charge on any atom is -0.406 e. The molecule has 2 aliphatic heterocycles. The van der Waals surface area contributed by atoms with Gasteiger partial charge in [0.15, 0.2) is 0 Å². The molecule has 12 heteroatoms. The van der Waals surface area contributed by atoms with Crippen molar-refractivity contribution < 1.29 is 22.7 Å². The maximum absolute atomic E-state index is 12.6. The van der Waals surface area contributed by atoms with Crippen molar-refractivity contribution in [2.75, 3.05) is 74.5 Å². The van der Waals surface area contributed by atoms with Gasteiger partial charge in [-0.15, -0.1) is 13.2 Å². The fourth-order valence-corrected chi connectivity index (χ4v) is 3.80. The number of anilines is 3. The Kier molecular flexibility index (Phi) is 6.72. The number of carbonyl (C=O) groups excluding carboxylic acids is 1. The summed E-state index contributed by atoms with van der Waals surface area (Å²) in [5.41, 5.74) is 0.393. The Bertz CT molecular complexity index is 942. The molecule has 2 amide bonds. The summed E-state index contributed by atoms with van der Waals surface area (Å²) in [5, 5.41) is 2.71. The van der Waals surface area contributed by atoms with Crippen molar-refractivity contribution in [1.29, 1.82) is 0 Å². The molecular formula is C21H26F3N7O2. The minimum atomic E-state index is -4.75. The van der Waals surface area contributed by atoms with Crippen LogP contribution in [0.3, 0.4) is 0 Å². The molecule has 2 aromatic rings. The molecule has 4 rings (SSSR count). The molecule has 0 unspecified atom stereocenters. The Morgan fingerprint density at radius 3 is 2.00 bits per heavy atom. The second-order valence-corrected chi connectivity index (χ2v) is 8.00. The Labute approximate surface area is 189 Å². The molecule has 0 aliphatic carbocycles. The first kappa shape index (κ1) is 22.9. The van der Waals surface area contributed by atoms with Crippen LogP contribution in [0, 0.1) is 0 Å². The maximum Gasteiger partial charge on any atom is 0.573 e. The van der Waals surface area contributed by atoms with E-state index in [0.717, 1.165) is 49.9 Å². The largest absolute Gasteiger partial charge is 0.573 e. The van der Waals surface area contributed by atoms with Crippen LogP contribution in [0.1, 0.15) is 0 Å². The third-order valence-electron chi connectivity index (χ3n) is 5.70. The predicted octanol–water partition coefficient (Wildman–Crippen LogP) is 2.48. The molecule has 0 radical (unpaired) electrons. The molecule has 0 saturated carbocycles. The lowest BCUT2D eigenvalue weighted by Gasteiger charge is -2.36. The van der Waals surface area contributed by atoms with Crippen LogP contribution >= 0.6 is 0 Å². The van der Waals surface area contributed by atoms with Gasteiger partial charge < -0.3 is 29.7 Å². The van der Waals surface area contributed by atoms with Crippen LogP contribution in [0.15, 0.2) is 36.7 Å². The van der Waals surface area contributed by atoms with Gasteiger partial charge >= 0.3 is 12.4 Å². The number of halogens is 3. The zero-order chi connectivity index (χ0) is 23.4. The first-order valence-corrected chi connectivity index (χ1v) is 10.7. The van der Waals surface area contributed by atoms with Crippen molar-refractivity contribution >= 4 is 23.4 Å². The molecule has 2 aliphatic rings. The number of amides is 2. The summed E-state index contributed by atoms with van der Waals surface area (Å²) >= 11 is 0. The molecule has 1 aromatic carbocycles. The molecule has 0 atom stereocenters. The third kappa shape index (κ3) is 6.15. The summed E-state index contributed by atoms with van der Waals surface area (Å²) in [4.78, 5) is 29.7. The Hall–Kier alpha value is -3.28. The molecule has 0 bridgehead atoms. The van der Waals surface area contributed by atoms with E-state index in [0.29, 0.717) is 31.9 Å². The molecule has 3 heterocycles. The molecule has 0 spiro atoms. The number of hydrogen-bond acceptors (Lipinski definition) is 7. The van der Waals surface area contributed by atoms with E-state index >= 15 is 0 Å². The van der Waals surface area contributed by atoms with Crippen LogP contribution in [0.5, 0.6) is 5.75 Å². The van der Waals surface area contributed by atoms with Crippen molar-refractivity contribution in [3.63, 3.8) is 0 Å². The van der Waals surface area contributed by atoms with Gasteiger partial charge in [0.05, 0.1) is 0 Å². The van der Waals surface area contributed by atoms with Gasteiger partial charge in [-0.3, -0.25) is 0 Å². The SMILES string of the molecule is CN1CCN(c2cc(N3CCN(C(=O)Nc4ccc(OC(F)(F)F)cc4)CC3)ncn2)CC1. The van der Waals surface area contributed by atoms with Gasteiger partial charge in [-0.2, -0.15) is 0 Å². The minimum absolute atomic E-state index is 0.306. The average Bonchev–Trinajstić information content (AvgIpc) is 2.80. The number of carbonyl (C=O) groups is 1.